The van der Waals surface area contributed by atoms with Crippen molar-refractivity contribution in [2.24, 2.45) is 0 Å². The first-order valence-corrected chi connectivity index (χ1v) is 9.35. The zero-order valence-electron chi connectivity index (χ0n) is 12.1. The number of carbonyl (C=O) groups is 1. The molecule has 3 rings (SSSR count). The zero-order valence-corrected chi connectivity index (χ0v) is 13.7. The Balaban J connectivity index is 1.89. The lowest BCUT2D eigenvalue weighted by atomic mass is 9.83. The Morgan fingerprint density at radius 1 is 1.19 bits per heavy atom. The molecule has 1 N–H and O–H groups in total. The molecular formula is C17H19NOS2. The van der Waals surface area contributed by atoms with E-state index in [1.807, 2.05) is 36.6 Å². The summed E-state index contributed by atoms with van der Waals surface area (Å²) in [6, 6.07) is 12.2. The van der Waals surface area contributed by atoms with Gasteiger partial charge in [-0.3, -0.25) is 4.79 Å². The topological polar surface area (TPSA) is 29.1 Å². The maximum absolute atomic E-state index is 13.0. The van der Waals surface area contributed by atoms with Gasteiger partial charge in [0.2, 0.25) is 5.91 Å². The fraction of sp³-hybridized carbons (Fsp3) is 0.353. The van der Waals surface area contributed by atoms with Crippen LogP contribution in [0.25, 0.3) is 0 Å². The van der Waals surface area contributed by atoms with E-state index < -0.39 is 0 Å². The van der Waals surface area contributed by atoms with E-state index in [1.54, 1.807) is 23.1 Å². The first-order valence-electron chi connectivity index (χ1n) is 7.25. The molecule has 1 aromatic heterocycles. The number of rotatable bonds is 4. The second-order valence-corrected chi connectivity index (χ2v) is 7.22. The Labute approximate surface area is 134 Å². The van der Waals surface area contributed by atoms with Gasteiger partial charge in [-0.15, -0.1) is 23.1 Å². The molecule has 4 heteroatoms. The highest BCUT2D eigenvalue weighted by molar-refractivity contribution is 7.98. The molecule has 1 aliphatic rings. The van der Waals surface area contributed by atoms with E-state index in [1.165, 1.54) is 4.88 Å². The Kier molecular flexibility index (Phi) is 4.36. The number of carbonyl (C=O) groups excluding carboxylic acids is 1. The summed E-state index contributed by atoms with van der Waals surface area (Å²) < 4.78 is 0. The van der Waals surface area contributed by atoms with Crippen LogP contribution in [0.5, 0.6) is 0 Å². The van der Waals surface area contributed by atoms with E-state index in [9.17, 15) is 4.79 Å². The second kappa shape index (κ2) is 6.24. The number of anilines is 1. The number of hydrogen-bond acceptors (Lipinski definition) is 3. The molecule has 1 amide bonds. The number of thiophene rings is 1. The standard InChI is InChI=1S/C17H19NOS2/c1-20-14-8-3-2-7-13(14)18-16(19)17(10-4-5-11-17)15-9-6-12-21-15/h2-3,6-9,12H,4-5,10-11H2,1H3,(H,18,19). The number of nitrogens with one attached hydrogen (secondary N) is 1. The highest BCUT2D eigenvalue weighted by Gasteiger charge is 2.43. The van der Waals surface area contributed by atoms with Gasteiger partial charge in [-0.25, -0.2) is 0 Å². The molecule has 0 unspecified atom stereocenters. The van der Waals surface area contributed by atoms with Crippen LogP contribution >= 0.6 is 23.1 Å². The van der Waals surface area contributed by atoms with Gasteiger partial charge in [0.15, 0.2) is 0 Å². The predicted molar refractivity (Wildman–Crippen MR) is 91.3 cm³/mol. The molecule has 1 fully saturated rings. The van der Waals surface area contributed by atoms with Crippen molar-refractivity contribution in [2.75, 3.05) is 11.6 Å². The van der Waals surface area contributed by atoms with E-state index in [0.29, 0.717) is 0 Å². The molecule has 2 nitrogen and oxygen atoms in total. The average Bonchev–Trinajstić information content (AvgIpc) is 3.19. The lowest BCUT2D eigenvalue weighted by Gasteiger charge is -2.27. The Morgan fingerprint density at radius 2 is 1.95 bits per heavy atom. The summed E-state index contributed by atoms with van der Waals surface area (Å²) in [5.74, 6) is 0.156. The van der Waals surface area contributed by atoms with Gasteiger partial charge >= 0.3 is 0 Å². The first kappa shape index (κ1) is 14.7. The van der Waals surface area contributed by atoms with Crippen molar-refractivity contribution in [3.8, 4) is 0 Å². The quantitative estimate of drug-likeness (QED) is 0.811. The summed E-state index contributed by atoms with van der Waals surface area (Å²) in [4.78, 5) is 15.3. The van der Waals surface area contributed by atoms with Gasteiger partial charge in [0.05, 0.1) is 11.1 Å². The van der Waals surface area contributed by atoms with Crippen LogP contribution in [0.4, 0.5) is 5.69 Å². The molecule has 21 heavy (non-hydrogen) atoms. The van der Waals surface area contributed by atoms with Crippen LogP contribution < -0.4 is 5.32 Å². The Bertz CT molecular complexity index is 615. The molecule has 2 aromatic rings. The van der Waals surface area contributed by atoms with E-state index in [-0.39, 0.29) is 11.3 Å². The van der Waals surface area contributed by atoms with Gasteiger partial charge in [-0.2, -0.15) is 0 Å². The maximum Gasteiger partial charge on any atom is 0.235 e. The number of para-hydroxylation sites is 1. The van der Waals surface area contributed by atoms with Crippen LogP contribution in [-0.2, 0) is 10.2 Å². The summed E-state index contributed by atoms with van der Waals surface area (Å²) in [7, 11) is 0. The van der Waals surface area contributed by atoms with E-state index in [2.05, 4.69) is 16.8 Å². The summed E-state index contributed by atoms with van der Waals surface area (Å²) in [6.45, 7) is 0. The largest absolute Gasteiger partial charge is 0.324 e. The first-order chi connectivity index (χ1) is 10.3. The number of amides is 1. The lowest BCUT2D eigenvalue weighted by Crippen LogP contribution is -2.37. The fourth-order valence-corrected chi connectivity index (χ4v) is 4.64. The molecule has 0 bridgehead atoms. The van der Waals surface area contributed by atoms with Crippen molar-refractivity contribution < 1.29 is 4.79 Å². The van der Waals surface area contributed by atoms with Crippen LogP contribution in [0.15, 0.2) is 46.7 Å². The molecule has 1 heterocycles. The monoisotopic (exact) mass is 317 g/mol. The Hall–Kier alpha value is -1.26. The normalized spacial score (nSPS) is 16.8. The summed E-state index contributed by atoms with van der Waals surface area (Å²) in [5, 5.41) is 5.25. The number of hydrogen-bond donors (Lipinski definition) is 1. The molecule has 0 atom stereocenters. The highest BCUT2D eigenvalue weighted by Crippen LogP contribution is 2.44. The second-order valence-electron chi connectivity index (χ2n) is 5.42. The predicted octanol–water partition coefficient (Wildman–Crippen LogP) is 4.92. The van der Waals surface area contributed by atoms with Crippen molar-refractivity contribution in [1.29, 1.82) is 0 Å². The van der Waals surface area contributed by atoms with E-state index in [4.69, 9.17) is 0 Å². The van der Waals surface area contributed by atoms with Gasteiger partial charge in [0, 0.05) is 9.77 Å². The minimum atomic E-state index is -0.320. The smallest absolute Gasteiger partial charge is 0.235 e. The maximum atomic E-state index is 13.0. The molecule has 0 saturated heterocycles. The van der Waals surface area contributed by atoms with Crippen molar-refractivity contribution in [3.05, 3.63) is 46.7 Å². The fourth-order valence-electron chi connectivity index (χ4n) is 3.10. The molecule has 1 saturated carbocycles. The van der Waals surface area contributed by atoms with Gasteiger partial charge in [-0.1, -0.05) is 31.0 Å². The highest BCUT2D eigenvalue weighted by atomic mass is 32.2. The SMILES string of the molecule is CSc1ccccc1NC(=O)C1(c2cccs2)CCCC1. The van der Waals surface area contributed by atoms with Crippen LogP contribution in [0.1, 0.15) is 30.6 Å². The molecule has 0 radical (unpaired) electrons. The van der Waals surface area contributed by atoms with Crippen molar-refractivity contribution in [3.63, 3.8) is 0 Å². The van der Waals surface area contributed by atoms with Crippen molar-refractivity contribution in [2.45, 2.75) is 36.0 Å². The molecule has 110 valence electrons. The van der Waals surface area contributed by atoms with Crippen molar-refractivity contribution >= 4 is 34.7 Å². The summed E-state index contributed by atoms with van der Waals surface area (Å²) in [6.07, 6.45) is 6.22. The molecule has 1 aromatic carbocycles. The lowest BCUT2D eigenvalue weighted by molar-refractivity contribution is -0.121. The molecular weight excluding hydrogens is 298 g/mol. The third kappa shape index (κ3) is 2.74. The molecule has 1 aliphatic carbocycles. The summed E-state index contributed by atoms with van der Waals surface area (Å²) >= 11 is 3.37. The third-order valence-electron chi connectivity index (χ3n) is 4.24. The minimum absolute atomic E-state index is 0.156. The van der Waals surface area contributed by atoms with Crippen LogP contribution in [-0.4, -0.2) is 12.2 Å². The van der Waals surface area contributed by atoms with Crippen LogP contribution in [0, 0.1) is 0 Å². The minimum Gasteiger partial charge on any atom is -0.324 e. The Morgan fingerprint density at radius 3 is 2.62 bits per heavy atom. The van der Waals surface area contributed by atoms with Crippen LogP contribution in [0.2, 0.25) is 0 Å². The third-order valence-corrected chi connectivity index (χ3v) is 6.11. The average molecular weight is 317 g/mol. The molecule has 0 aliphatic heterocycles. The number of thioether (sulfide) groups is 1. The summed E-state index contributed by atoms with van der Waals surface area (Å²) in [5.41, 5.74) is 0.609. The van der Waals surface area contributed by atoms with Gasteiger partial charge < -0.3 is 5.32 Å². The van der Waals surface area contributed by atoms with Gasteiger partial charge in [0.1, 0.15) is 0 Å². The van der Waals surface area contributed by atoms with E-state index >= 15 is 0 Å². The number of benzene rings is 1. The van der Waals surface area contributed by atoms with Crippen LogP contribution in [0.3, 0.4) is 0 Å². The van der Waals surface area contributed by atoms with Gasteiger partial charge in [-0.05, 0) is 42.7 Å². The zero-order chi connectivity index (χ0) is 14.7. The molecule has 0 spiro atoms. The van der Waals surface area contributed by atoms with Gasteiger partial charge in [0.25, 0.3) is 0 Å². The van der Waals surface area contributed by atoms with E-state index in [0.717, 1.165) is 36.3 Å². The van der Waals surface area contributed by atoms with Crippen molar-refractivity contribution in [1.82, 2.24) is 0 Å².